The molecule has 0 fully saturated rings. The van der Waals surface area contributed by atoms with E-state index in [4.69, 9.17) is 4.98 Å². The van der Waals surface area contributed by atoms with E-state index in [0.29, 0.717) is 0 Å². The van der Waals surface area contributed by atoms with Crippen molar-refractivity contribution in [3.05, 3.63) is 76.2 Å². The molecule has 2 aromatic carbocycles. The summed E-state index contributed by atoms with van der Waals surface area (Å²) >= 11 is 1.47. The molecule has 1 atom stereocenters. The molecular weight excluding hydrogens is 352 g/mol. The lowest BCUT2D eigenvalue weighted by molar-refractivity contribution is 0.0937. The number of hydrogen-bond donors (Lipinski definition) is 1. The maximum atomic E-state index is 12.9. The molecule has 27 heavy (non-hydrogen) atoms. The van der Waals surface area contributed by atoms with Crippen molar-refractivity contribution in [2.75, 3.05) is 0 Å². The molecule has 0 saturated heterocycles. The van der Waals surface area contributed by atoms with Gasteiger partial charge in [-0.3, -0.25) is 4.79 Å². The predicted molar refractivity (Wildman–Crippen MR) is 111 cm³/mol. The first-order valence-electron chi connectivity index (χ1n) is 9.37. The lowest BCUT2D eigenvalue weighted by atomic mass is 9.88. The van der Waals surface area contributed by atoms with Gasteiger partial charge in [0.1, 0.15) is 4.83 Å². The minimum atomic E-state index is -0.0000558. The lowest BCUT2D eigenvalue weighted by Gasteiger charge is -2.26. The van der Waals surface area contributed by atoms with Crippen LogP contribution in [0.2, 0.25) is 0 Å². The van der Waals surface area contributed by atoms with Crippen molar-refractivity contribution in [1.82, 2.24) is 10.3 Å². The number of aryl methyl sites for hydroxylation is 2. The molecular formula is C23H20N2OS. The van der Waals surface area contributed by atoms with Crippen LogP contribution < -0.4 is 5.32 Å². The monoisotopic (exact) mass is 372 g/mol. The number of carbonyl (C=O) groups is 1. The molecule has 5 rings (SSSR count). The Balaban J connectivity index is 1.47. The Bertz CT molecular complexity index is 1180. The van der Waals surface area contributed by atoms with Gasteiger partial charge in [0.05, 0.1) is 16.4 Å². The average Bonchev–Trinajstić information content (AvgIpc) is 3.09. The first-order valence-corrected chi connectivity index (χ1v) is 10.2. The number of thiophene rings is 1. The van der Waals surface area contributed by atoms with Crippen molar-refractivity contribution in [2.24, 2.45) is 0 Å². The molecule has 1 N–H and O–H groups in total. The van der Waals surface area contributed by atoms with Gasteiger partial charge in [-0.15, -0.1) is 11.3 Å². The molecule has 2 aromatic heterocycles. The van der Waals surface area contributed by atoms with Gasteiger partial charge in [-0.2, -0.15) is 0 Å². The van der Waals surface area contributed by atoms with E-state index in [-0.39, 0.29) is 11.9 Å². The van der Waals surface area contributed by atoms with E-state index in [1.165, 1.54) is 28.0 Å². The molecule has 0 spiro atoms. The molecule has 2 heterocycles. The highest BCUT2D eigenvalue weighted by atomic mass is 32.1. The van der Waals surface area contributed by atoms with Crippen LogP contribution in [0.5, 0.6) is 0 Å². The molecule has 1 aliphatic carbocycles. The van der Waals surface area contributed by atoms with E-state index in [1.807, 2.05) is 6.07 Å². The van der Waals surface area contributed by atoms with Crippen LogP contribution in [0.15, 0.2) is 54.6 Å². The number of benzene rings is 2. The molecule has 4 aromatic rings. The summed E-state index contributed by atoms with van der Waals surface area (Å²) in [6, 6.07) is 18.9. The summed E-state index contributed by atoms with van der Waals surface area (Å²) in [5.41, 5.74) is 4.79. The third kappa shape index (κ3) is 3.00. The average molecular weight is 372 g/mol. The first kappa shape index (κ1) is 16.5. The zero-order valence-electron chi connectivity index (χ0n) is 15.2. The van der Waals surface area contributed by atoms with Crippen molar-refractivity contribution >= 4 is 38.4 Å². The first-order chi connectivity index (χ1) is 13.2. The van der Waals surface area contributed by atoms with Crippen molar-refractivity contribution in [3.63, 3.8) is 0 Å². The topological polar surface area (TPSA) is 42.0 Å². The summed E-state index contributed by atoms with van der Waals surface area (Å²) in [6.45, 7) is 2.07. The Morgan fingerprint density at radius 1 is 1.11 bits per heavy atom. The minimum Gasteiger partial charge on any atom is -0.345 e. The fraction of sp³-hybridized carbons (Fsp3) is 0.217. The standard InChI is InChI=1S/C23H20N2OS/c1-14-9-10-16-12-17-13-21(27-23(17)25-20(16)11-14)22(26)24-19-8-4-6-15-5-2-3-7-18(15)19/h2-3,5,7,9-13,19H,4,6,8H2,1H3,(H,24,26)/t19-/m1/s1. The largest absolute Gasteiger partial charge is 0.345 e. The van der Waals surface area contributed by atoms with Gasteiger partial charge in [-0.25, -0.2) is 4.98 Å². The zero-order chi connectivity index (χ0) is 18.4. The molecule has 0 aliphatic heterocycles. The number of nitrogens with one attached hydrogen (secondary N) is 1. The van der Waals surface area contributed by atoms with Gasteiger partial charge in [0.15, 0.2) is 0 Å². The fourth-order valence-corrected chi connectivity index (χ4v) is 4.91. The van der Waals surface area contributed by atoms with Crippen LogP contribution in [-0.2, 0) is 6.42 Å². The smallest absolute Gasteiger partial charge is 0.261 e. The van der Waals surface area contributed by atoms with Crippen LogP contribution >= 0.6 is 11.3 Å². The number of hydrogen-bond acceptors (Lipinski definition) is 3. The summed E-state index contributed by atoms with van der Waals surface area (Å²) in [6.07, 6.45) is 3.21. The SMILES string of the molecule is Cc1ccc2cc3cc(C(=O)N[C@@H]4CCCc5ccccc54)sc3nc2c1. The zero-order valence-corrected chi connectivity index (χ0v) is 16.0. The van der Waals surface area contributed by atoms with E-state index in [2.05, 4.69) is 60.8 Å². The molecule has 0 radical (unpaired) electrons. The Morgan fingerprint density at radius 3 is 2.93 bits per heavy atom. The number of amides is 1. The Labute approximate surface area is 162 Å². The second kappa shape index (κ2) is 6.46. The molecule has 4 heteroatoms. The number of aromatic nitrogens is 1. The highest BCUT2D eigenvalue weighted by molar-refractivity contribution is 7.20. The number of carbonyl (C=O) groups excluding carboxylic acids is 1. The summed E-state index contributed by atoms with van der Waals surface area (Å²) < 4.78 is 0. The number of nitrogens with zero attached hydrogens (tertiary/aromatic N) is 1. The highest BCUT2D eigenvalue weighted by Gasteiger charge is 2.22. The molecule has 1 aliphatic rings. The molecule has 0 bridgehead atoms. The second-order valence-electron chi connectivity index (χ2n) is 7.31. The van der Waals surface area contributed by atoms with Crippen molar-refractivity contribution in [3.8, 4) is 0 Å². The Morgan fingerprint density at radius 2 is 2.00 bits per heavy atom. The van der Waals surface area contributed by atoms with Crippen LogP contribution in [0, 0.1) is 6.92 Å². The van der Waals surface area contributed by atoms with Crippen molar-refractivity contribution in [1.29, 1.82) is 0 Å². The third-order valence-corrected chi connectivity index (χ3v) is 6.40. The summed E-state index contributed by atoms with van der Waals surface area (Å²) in [5.74, 6) is -0.0000558. The third-order valence-electron chi connectivity index (χ3n) is 5.36. The number of pyridine rings is 1. The maximum Gasteiger partial charge on any atom is 0.261 e. The van der Waals surface area contributed by atoms with Gasteiger partial charge in [0, 0.05) is 10.8 Å². The van der Waals surface area contributed by atoms with E-state index in [1.54, 1.807) is 0 Å². The second-order valence-corrected chi connectivity index (χ2v) is 8.34. The van der Waals surface area contributed by atoms with E-state index in [0.717, 1.165) is 45.3 Å². The van der Waals surface area contributed by atoms with E-state index >= 15 is 0 Å². The normalized spacial score (nSPS) is 16.4. The van der Waals surface area contributed by atoms with Gasteiger partial charge in [0.2, 0.25) is 0 Å². The summed E-state index contributed by atoms with van der Waals surface area (Å²) in [7, 11) is 0. The van der Waals surface area contributed by atoms with Gasteiger partial charge in [-0.05, 0) is 61.1 Å². The van der Waals surface area contributed by atoms with Crippen LogP contribution in [0.1, 0.15) is 45.2 Å². The summed E-state index contributed by atoms with van der Waals surface area (Å²) in [5, 5.41) is 5.39. The van der Waals surface area contributed by atoms with Crippen LogP contribution in [0.3, 0.4) is 0 Å². The van der Waals surface area contributed by atoms with Crippen LogP contribution in [-0.4, -0.2) is 10.9 Å². The maximum absolute atomic E-state index is 12.9. The molecule has 134 valence electrons. The number of rotatable bonds is 2. The van der Waals surface area contributed by atoms with Crippen molar-refractivity contribution < 1.29 is 4.79 Å². The Kier molecular flexibility index (Phi) is 3.94. The van der Waals surface area contributed by atoms with Gasteiger partial charge < -0.3 is 5.32 Å². The lowest BCUT2D eigenvalue weighted by Crippen LogP contribution is -2.30. The quantitative estimate of drug-likeness (QED) is 0.500. The fourth-order valence-electron chi connectivity index (χ4n) is 3.98. The summed E-state index contributed by atoms with van der Waals surface area (Å²) in [4.78, 5) is 19.3. The van der Waals surface area contributed by atoms with Crippen LogP contribution in [0.25, 0.3) is 21.1 Å². The predicted octanol–water partition coefficient (Wildman–Crippen LogP) is 5.57. The van der Waals surface area contributed by atoms with Gasteiger partial charge in [-0.1, -0.05) is 36.4 Å². The molecule has 0 unspecified atom stereocenters. The van der Waals surface area contributed by atoms with Gasteiger partial charge >= 0.3 is 0 Å². The number of fused-ring (bicyclic) bond motifs is 3. The van der Waals surface area contributed by atoms with Gasteiger partial charge in [0.25, 0.3) is 5.91 Å². The van der Waals surface area contributed by atoms with Crippen molar-refractivity contribution in [2.45, 2.75) is 32.2 Å². The van der Waals surface area contributed by atoms with Crippen LogP contribution in [0.4, 0.5) is 0 Å². The Hall–Kier alpha value is -2.72. The van der Waals surface area contributed by atoms with E-state index < -0.39 is 0 Å². The highest BCUT2D eigenvalue weighted by Crippen LogP contribution is 2.31. The minimum absolute atomic E-state index is 0.0000558. The molecule has 3 nitrogen and oxygen atoms in total. The molecule has 0 saturated carbocycles. The molecule has 1 amide bonds. The van der Waals surface area contributed by atoms with E-state index in [9.17, 15) is 4.79 Å².